The maximum atomic E-state index is 10.4. The monoisotopic (exact) mass is 290 g/mol. The van der Waals surface area contributed by atoms with Gasteiger partial charge in [0.1, 0.15) is 12.4 Å². The summed E-state index contributed by atoms with van der Waals surface area (Å²) in [7, 11) is 0. The Labute approximate surface area is 120 Å². The van der Waals surface area contributed by atoms with Gasteiger partial charge in [-0.05, 0) is 24.6 Å². The lowest BCUT2D eigenvalue weighted by Crippen LogP contribution is -1.97. The predicted octanol–water partition coefficient (Wildman–Crippen LogP) is 2.78. The minimum absolute atomic E-state index is 0.405. The van der Waals surface area contributed by atoms with Crippen molar-refractivity contribution in [1.29, 1.82) is 0 Å². The highest BCUT2D eigenvalue weighted by Gasteiger charge is 2.02. The van der Waals surface area contributed by atoms with E-state index in [0.717, 1.165) is 23.2 Å². The molecular weight excluding hydrogens is 276 g/mol. The summed E-state index contributed by atoms with van der Waals surface area (Å²) >= 11 is 1.62. The van der Waals surface area contributed by atoms with Gasteiger partial charge in [0.2, 0.25) is 0 Å². The van der Waals surface area contributed by atoms with Crippen LogP contribution in [0.3, 0.4) is 0 Å². The molecule has 2 aromatic rings. The highest BCUT2D eigenvalue weighted by atomic mass is 32.1. The van der Waals surface area contributed by atoms with Crippen molar-refractivity contribution in [2.45, 2.75) is 20.0 Å². The molecule has 5 nitrogen and oxygen atoms in total. The Bertz CT molecular complexity index is 605. The van der Waals surface area contributed by atoms with Crippen molar-refractivity contribution in [3.05, 3.63) is 46.2 Å². The highest BCUT2D eigenvalue weighted by Crippen LogP contribution is 2.15. The SMILES string of the molecule is CCc1nc(COc2ccc(C=CC(=O)O)nc2)cs1. The largest absolute Gasteiger partial charge is 0.486 e. The summed E-state index contributed by atoms with van der Waals surface area (Å²) in [5, 5.41) is 11.6. The molecule has 1 N–H and O–H groups in total. The standard InChI is InChI=1S/C14H14N2O3S/c1-2-13-16-11(9-20-13)8-19-12-5-3-10(15-7-12)4-6-14(17)18/h3-7,9H,2,8H2,1H3,(H,17,18). The van der Waals surface area contributed by atoms with Crippen LogP contribution in [0, 0.1) is 0 Å². The average molecular weight is 290 g/mol. The summed E-state index contributed by atoms with van der Waals surface area (Å²) in [6, 6.07) is 3.45. The Morgan fingerprint density at radius 3 is 2.95 bits per heavy atom. The summed E-state index contributed by atoms with van der Waals surface area (Å²) in [5.74, 6) is -0.370. The van der Waals surface area contributed by atoms with Gasteiger partial charge >= 0.3 is 5.97 Å². The number of hydrogen-bond donors (Lipinski definition) is 1. The second kappa shape index (κ2) is 6.81. The first-order valence-corrected chi connectivity index (χ1v) is 6.98. The molecule has 2 heterocycles. The number of hydrogen-bond acceptors (Lipinski definition) is 5. The number of thiazole rings is 1. The van der Waals surface area contributed by atoms with Gasteiger partial charge in [-0.25, -0.2) is 9.78 Å². The Balaban J connectivity index is 1.92. The summed E-state index contributed by atoms with van der Waals surface area (Å²) in [6.45, 7) is 2.47. The summed E-state index contributed by atoms with van der Waals surface area (Å²) in [4.78, 5) is 18.9. The van der Waals surface area contributed by atoms with Crippen LogP contribution in [0.5, 0.6) is 5.75 Å². The van der Waals surface area contributed by atoms with Gasteiger partial charge in [0.15, 0.2) is 0 Å². The van der Waals surface area contributed by atoms with E-state index in [1.807, 2.05) is 5.38 Å². The number of pyridine rings is 1. The number of nitrogens with zero attached hydrogens (tertiary/aromatic N) is 2. The van der Waals surface area contributed by atoms with Crippen LogP contribution in [-0.4, -0.2) is 21.0 Å². The Hall–Kier alpha value is -2.21. The molecule has 0 fully saturated rings. The van der Waals surface area contributed by atoms with Gasteiger partial charge in [0.05, 0.1) is 22.6 Å². The van der Waals surface area contributed by atoms with E-state index < -0.39 is 5.97 Å². The second-order valence-electron chi connectivity index (χ2n) is 3.97. The lowest BCUT2D eigenvalue weighted by Gasteiger charge is -2.03. The average Bonchev–Trinajstić information content (AvgIpc) is 2.92. The van der Waals surface area contributed by atoms with Crippen LogP contribution in [0.4, 0.5) is 0 Å². The first-order valence-electron chi connectivity index (χ1n) is 6.10. The van der Waals surface area contributed by atoms with Gasteiger partial charge in [-0.3, -0.25) is 4.98 Å². The summed E-state index contributed by atoms with van der Waals surface area (Å²) in [6.07, 6.45) is 4.97. The van der Waals surface area contributed by atoms with Crippen LogP contribution in [0.1, 0.15) is 23.3 Å². The van der Waals surface area contributed by atoms with E-state index in [-0.39, 0.29) is 0 Å². The molecule has 0 saturated heterocycles. The number of carboxylic acid groups (broad SMARTS) is 1. The van der Waals surface area contributed by atoms with Gasteiger partial charge in [-0.15, -0.1) is 11.3 Å². The Kier molecular flexibility index (Phi) is 4.84. The van der Waals surface area contributed by atoms with Crippen molar-refractivity contribution in [3.8, 4) is 5.75 Å². The van der Waals surface area contributed by atoms with Crippen molar-refractivity contribution < 1.29 is 14.6 Å². The van der Waals surface area contributed by atoms with Gasteiger partial charge in [-0.2, -0.15) is 0 Å². The van der Waals surface area contributed by atoms with Crippen LogP contribution in [0.15, 0.2) is 29.8 Å². The fourth-order valence-corrected chi connectivity index (χ4v) is 2.20. The maximum absolute atomic E-state index is 10.4. The number of ether oxygens (including phenoxy) is 1. The molecule has 0 aromatic carbocycles. The number of aliphatic carboxylic acids is 1. The zero-order chi connectivity index (χ0) is 14.4. The third kappa shape index (κ3) is 4.17. The minimum Gasteiger partial charge on any atom is -0.486 e. The van der Waals surface area contributed by atoms with E-state index in [4.69, 9.17) is 9.84 Å². The predicted molar refractivity (Wildman–Crippen MR) is 76.7 cm³/mol. The molecule has 104 valence electrons. The van der Waals surface area contributed by atoms with E-state index in [0.29, 0.717) is 18.1 Å². The molecule has 2 rings (SSSR count). The molecule has 0 aliphatic carbocycles. The number of carboxylic acids is 1. The van der Waals surface area contributed by atoms with Crippen molar-refractivity contribution in [2.24, 2.45) is 0 Å². The van der Waals surface area contributed by atoms with Crippen LogP contribution >= 0.6 is 11.3 Å². The van der Waals surface area contributed by atoms with Crippen LogP contribution in [0.2, 0.25) is 0 Å². The maximum Gasteiger partial charge on any atom is 0.328 e. The molecule has 0 aliphatic rings. The highest BCUT2D eigenvalue weighted by molar-refractivity contribution is 7.09. The van der Waals surface area contributed by atoms with E-state index in [1.165, 1.54) is 6.08 Å². The van der Waals surface area contributed by atoms with Gasteiger partial charge in [0.25, 0.3) is 0 Å². The first-order chi connectivity index (χ1) is 9.67. The van der Waals surface area contributed by atoms with Crippen LogP contribution in [0.25, 0.3) is 6.08 Å². The van der Waals surface area contributed by atoms with E-state index >= 15 is 0 Å². The van der Waals surface area contributed by atoms with Crippen molar-refractivity contribution in [1.82, 2.24) is 9.97 Å². The molecule has 0 aliphatic heterocycles. The number of rotatable bonds is 6. The molecule has 0 spiro atoms. The summed E-state index contributed by atoms with van der Waals surface area (Å²) in [5.41, 5.74) is 1.48. The van der Waals surface area contributed by atoms with E-state index in [1.54, 1.807) is 29.7 Å². The van der Waals surface area contributed by atoms with Gasteiger partial charge < -0.3 is 9.84 Å². The number of aryl methyl sites for hydroxylation is 1. The van der Waals surface area contributed by atoms with E-state index in [2.05, 4.69) is 16.9 Å². The Morgan fingerprint density at radius 1 is 1.50 bits per heavy atom. The molecule has 0 unspecified atom stereocenters. The molecule has 0 radical (unpaired) electrons. The number of aromatic nitrogens is 2. The van der Waals surface area contributed by atoms with Crippen molar-refractivity contribution >= 4 is 23.4 Å². The Morgan fingerprint density at radius 2 is 2.35 bits per heavy atom. The normalized spacial score (nSPS) is 10.8. The third-order valence-electron chi connectivity index (χ3n) is 2.44. The molecule has 2 aromatic heterocycles. The molecule has 0 bridgehead atoms. The molecular formula is C14H14N2O3S. The quantitative estimate of drug-likeness (QED) is 0.828. The molecule has 20 heavy (non-hydrogen) atoms. The lowest BCUT2D eigenvalue weighted by molar-refractivity contribution is -0.131. The van der Waals surface area contributed by atoms with E-state index in [9.17, 15) is 4.79 Å². The third-order valence-corrected chi connectivity index (χ3v) is 3.49. The summed E-state index contributed by atoms with van der Waals surface area (Å²) < 4.78 is 5.57. The first kappa shape index (κ1) is 14.2. The van der Waals surface area contributed by atoms with Gasteiger partial charge in [-0.1, -0.05) is 6.92 Å². The zero-order valence-corrected chi connectivity index (χ0v) is 11.8. The fourth-order valence-electron chi connectivity index (χ4n) is 1.47. The fraction of sp³-hybridized carbons (Fsp3) is 0.214. The van der Waals surface area contributed by atoms with Crippen LogP contribution < -0.4 is 4.74 Å². The lowest BCUT2D eigenvalue weighted by atomic mass is 10.3. The van der Waals surface area contributed by atoms with Gasteiger partial charge in [0, 0.05) is 11.5 Å². The molecule has 0 amide bonds. The van der Waals surface area contributed by atoms with Crippen molar-refractivity contribution in [2.75, 3.05) is 0 Å². The zero-order valence-electron chi connectivity index (χ0n) is 10.9. The number of carbonyl (C=O) groups is 1. The minimum atomic E-state index is -0.998. The van der Waals surface area contributed by atoms with Crippen LogP contribution in [-0.2, 0) is 17.8 Å². The second-order valence-corrected chi connectivity index (χ2v) is 4.91. The van der Waals surface area contributed by atoms with Crippen molar-refractivity contribution in [3.63, 3.8) is 0 Å². The smallest absolute Gasteiger partial charge is 0.328 e. The topological polar surface area (TPSA) is 72.3 Å². The molecule has 0 atom stereocenters. The molecule has 0 saturated carbocycles. The molecule has 6 heteroatoms.